The number of benzene rings is 2. The first-order chi connectivity index (χ1) is 15.8. The minimum Gasteiger partial charge on any atom is -0.338 e. The summed E-state index contributed by atoms with van der Waals surface area (Å²) in [5.41, 5.74) is 0.932. The van der Waals surface area contributed by atoms with Crippen LogP contribution in [0.4, 0.5) is 34.8 Å². The van der Waals surface area contributed by atoms with Crippen LogP contribution in [0.15, 0.2) is 54.7 Å². The molecular weight excluding hydrogens is 450 g/mol. The molecule has 0 saturated carbocycles. The molecule has 1 aliphatic rings. The lowest BCUT2D eigenvalue weighted by atomic mass is 9.87. The minimum absolute atomic E-state index is 0.00192. The Balaban J connectivity index is 1.68. The molecule has 0 aliphatic carbocycles. The van der Waals surface area contributed by atoms with Crippen molar-refractivity contribution in [2.75, 3.05) is 10.2 Å². The zero-order valence-corrected chi connectivity index (χ0v) is 18.6. The summed E-state index contributed by atoms with van der Waals surface area (Å²) in [6, 6.07) is 11.6. The Morgan fingerprint density at radius 1 is 0.941 bits per heavy atom. The molecule has 0 bridgehead atoms. The Bertz CT molecular complexity index is 1260. The highest BCUT2D eigenvalue weighted by Crippen LogP contribution is 2.39. The number of fused-ring (bicyclic) bond motifs is 1. The van der Waals surface area contributed by atoms with Crippen molar-refractivity contribution in [2.45, 2.75) is 38.9 Å². The van der Waals surface area contributed by atoms with Gasteiger partial charge in [-0.15, -0.1) is 0 Å². The van der Waals surface area contributed by atoms with E-state index in [-0.39, 0.29) is 34.7 Å². The molecule has 1 aromatic heterocycles. The van der Waals surface area contributed by atoms with Crippen LogP contribution in [0.25, 0.3) is 0 Å². The van der Waals surface area contributed by atoms with Crippen LogP contribution in [0, 0.1) is 5.82 Å². The van der Waals surface area contributed by atoms with Gasteiger partial charge in [0.1, 0.15) is 11.6 Å². The molecule has 0 saturated heterocycles. The van der Waals surface area contributed by atoms with Crippen molar-refractivity contribution >= 4 is 28.9 Å². The second-order valence-corrected chi connectivity index (χ2v) is 9.07. The van der Waals surface area contributed by atoms with E-state index >= 15 is 0 Å². The third-order valence-corrected chi connectivity index (χ3v) is 5.54. The summed E-state index contributed by atoms with van der Waals surface area (Å²) in [5.74, 6) is -2.44. The van der Waals surface area contributed by atoms with Gasteiger partial charge in [0.2, 0.25) is 0 Å². The van der Waals surface area contributed by atoms with Gasteiger partial charge in [-0.2, -0.15) is 13.2 Å². The number of amides is 1. The summed E-state index contributed by atoms with van der Waals surface area (Å²) in [6.07, 6.45) is -3.91. The number of carbonyl (C=O) groups is 2. The summed E-state index contributed by atoms with van der Waals surface area (Å²) in [4.78, 5) is 30.3. The molecule has 34 heavy (non-hydrogen) atoms. The van der Waals surface area contributed by atoms with Crippen molar-refractivity contribution in [1.29, 1.82) is 0 Å². The first-order valence-electron chi connectivity index (χ1n) is 10.4. The van der Waals surface area contributed by atoms with E-state index < -0.39 is 29.2 Å². The van der Waals surface area contributed by atoms with Gasteiger partial charge in [-0.1, -0.05) is 45.0 Å². The molecule has 3 aromatic rings. The van der Waals surface area contributed by atoms with Gasteiger partial charge in [0.25, 0.3) is 11.7 Å². The van der Waals surface area contributed by atoms with Gasteiger partial charge >= 0.3 is 6.18 Å². The number of hydrogen-bond acceptors (Lipinski definition) is 4. The fraction of sp³-hybridized carbons (Fsp3) is 0.240. The zero-order valence-electron chi connectivity index (χ0n) is 18.6. The molecule has 5 nitrogen and oxygen atoms in total. The number of hydrogen-bond donors (Lipinski definition) is 1. The standard InChI is InChI=1S/C25H21F4N3O2/c1-24(2,3)15-6-4-14(5-7-15)13-32-21-18(22(33)23(32)34)10-17(26)11-19(21)31-20-9-8-16(12-30-20)25(27,28)29/h4-12H,13H2,1-3H3,(H,30,31). The molecule has 1 amide bonds. The summed E-state index contributed by atoms with van der Waals surface area (Å²) in [7, 11) is 0. The highest BCUT2D eigenvalue weighted by atomic mass is 19.4. The lowest BCUT2D eigenvalue weighted by Gasteiger charge is -2.22. The Kier molecular flexibility index (Phi) is 5.67. The molecule has 1 N–H and O–H groups in total. The molecule has 2 aromatic carbocycles. The maximum Gasteiger partial charge on any atom is 0.417 e. The number of carbonyl (C=O) groups excluding carboxylic acids is 2. The molecule has 4 rings (SSSR count). The normalized spacial score (nSPS) is 13.9. The molecular formula is C25H21F4N3O2. The number of anilines is 3. The van der Waals surface area contributed by atoms with Crippen molar-refractivity contribution in [3.63, 3.8) is 0 Å². The highest BCUT2D eigenvalue weighted by molar-refractivity contribution is 6.52. The lowest BCUT2D eigenvalue weighted by Crippen LogP contribution is -2.29. The maximum absolute atomic E-state index is 14.3. The average molecular weight is 471 g/mol. The number of pyridine rings is 1. The number of aromatic nitrogens is 1. The van der Waals surface area contributed by atoms with Crippen molar-refractivity contribution in [3.05, 3.63) is 82.8 Å². The molecule has 176 valence electrons. The summed E-state index contributed by atoms with van der Waals surface area (Å²) >= 11 is 0. The van der Waals surface area contributed by atoms with E-state index in [1.807, 2.05) is 24.3 Å². The van der Waals surface area contributed by atoms with Crippen LogP contribution in [0.2, 0.25) is 0 Å². The highest BCUT2D eigenvalue weighted by Gasteiger charge is 2.38. The van der Waals surface area contributed by atoms with Gasteiger partial charge in [-0.05, 0) is 40.8 Å². The quantitative estimate of drug-likeness (QED) is 0.374. The van der Waals surface area contributed by atoms with E-state index in [1.165, 1.54) is 4.90 Å². The number of nitrogens with zero attached hydrogens (tertiary/aromatic N) is 2. The number of alkyl halides is 3. The van der Waals surface area contributed by atoms with E-state index in [2.05, 4.69) is 31.1 Å². The fourth-order valence-corrected chi connectivity index (χ4v) is 3.71. The Hall–Kier alpha value is -3.75. The van der Waals surface area contributed by atoms with Crippen molar-refractivity contribution < 1.29 is 27.2 Å². The Labute approximate surface area is 193 Å². The second-order valence-electron chi connectivity index (χ2n) is 9.07. The number of halogens is 4. The fourth-order valence-electron chi connectivity index (χ4n) is 3.71. The van der Waals surface area contributed by atoms with Crippen molar-refractivity contribution in [1.82, 2.24) is 4.98 Å². The third kappa shape index (κ3) is 4.50. The van der Waals surface area contributed by atoms with Crippen LogP contribution in [-0.2, 0) is 22.9 Å². The second kappa shape index (κ2) is 8.23. The van der Waals surface area contributed by atoms with Crippen LogP contribution in [0.5, 0.6) is 0 Å². The zero-order chi connectivity index (χ0) is 24.8. The van der Waals surface area contributed by atoms with Gasteiger partial charge in [0, 0.05) is 6.20 Å². The van der Waals surface area contributed by atoms with E-state index in [1.54, 1.807) is 0 Å². The molecule has 0 fully saturated rings. The average Bonchev–Trinajstić information content (AvgIpc) is 2.98. The SMILES string of the molecule is CC(C)(C)c1ccc(CN2C(=O)C(=O)c3cc(F)cc(Nc4ccc(C(F)(F)F)cn4)c32)cc1. The lowest BCUT2D eigenvalue weighted by molar-refractivity contribution is -0.137. The Morgan fingerprint density at radius 3 is 2.15 bits per heavy atom. The van der Waals surface area contributed by atoms with Crippen molar-refractivity contribution in [3.8, 4) is 0 Å². The van der Waals surface area contributed by atoms with E-state index in [0.717, 1.165) is 35.4 Å². The van der Waals surface area contributed by atoms with E-state index in [0.29, 0.717) is 6.20 Å². The van der Waals surface area contributed by atoms with Crippen LogP contribution >= 0.6 is 0 Å². The van der Waals surface area contributed by atoms with Gasteiger partial charge in [-0.3, -0.25) is 14.5 Å². The number of Topliss-reactive ketones (excluding diaryl/α,β-unsaturated/α-hetero) is 1. The first-order valence-corrected chi connectivity index (χ1v) is 10.4. The van der Waals surface area contributed by atoms with Crippen molar-refractivity contribution in [2.24, 2.45) is 0 Å². The molecule has 0 atom stereocenters. The smallest absolute Gasteiger partial charge is 0.338 e. The predicted molar refractivity (Wildman–Crippen MR) is 120 cm³/mol. The first kappa shape index (κ1) is 23.4. The number of ketones is 1. The van der Waals surface area contributed by atoms with Crippen LogP contribution < -0.4 is 10.2 Å². The third-order valence-electron chi connectivity index (χ3n) is 5.54. The van der Waals surface area contributed by atoms with Crippen LogP contribution in [0.1, 0.15) is 47.8 Å². The topological polar surface area (TPSA) is 62.3 Å². The molecule has 2 heterocycles. The van der Waals surface area contributed by atoms with Crippen LogP contribution in [-0.4, -0.2) is 16.7 Å². The summed E-state index contributed by atoms with van der Waals surface area (Å²) < 4.78 is 52.7. The minimum atomic E-state index is -4.55. The number of rotatable bonds is 4. The Morgan fingerprint density at radius 2 is 1.59 bits per heavy atom. The van der Waals surface area contributed by atoms with Gasteiger partial charge in [-0.25, -0.2) is 9.37 Å². The number of nitrogens with one attached hydrogen (secondary N) is 1. The predicted octanol–water partition coefficient (Wildman–Crippen LogP) is 6.01. The molecule has 0 radical (unpaired) electrons. The van der Waals surface area contributed by atoms with Gasteiger partial charge in [0.05, 0.1) is 29.0 Å². The maximum atomic E-state index is 14.3. The summed E-state index contributed by atoms with van der Waals surface area (Å²) in [5, 5.41) is 2.75. The molecule has 1 aliphatic heterocycles. The molecule has 0 spiro atoms. The summed E-state index contributed by atoms with van der Waals surface area (Å²) in [6.45, 7) is 6.27. The van der Waals surface area contributed by atoms with Gasteiger partial charge < -0.3 is 5.32 Å². The monoisotopic (exact) mass is 471 g/mol. The van der Waals surface area contributed by atoms with Gasteiger partial charge in [0.15, 0.2) is 0 Å². The molecule has 9 heteroatoms. The van der Waals surface area contributed by atoms with E-state index in [4.69, 9.17) is 0 Å². The van der Waals surface area contributed by atoms with Crippen LogP contribution in [0.3, 0.4) is 0 Å². The van der Waals surface area contributed by atoms with E-state index in [9.17, 15) is 27.2 Å². The largest absolute Gasteiger partial charge is 0.417 e. The molecule has 0 unspecified atom stereocenters.